The molecular weight excluding hydrogens is 208 g/mol. The van der Waals surface area contributed by atoms with Crippen LogP contribution < -0.4 is 0 Å². The monoisotopic (exact) mass is 218 g/mol. The summed E-state index contributed by atoms with van der Waals surface area (Å²) < 4.78 is 1.54. The first-order valence-electron chi connectivity index (χ1n) is 4.71. The maximum absolute atomic E-state index is 10.8. The highest BCUT2D eigenvalue weighted by Crippen LogP contribution is 2.06. The molecule has 0 saturated heterocycles. The van der Waals surface area contributed by atoms with Crippen LogP contribution in [0.15, 0.2) is 24.5 Å². The Labute approximate surface area is 91.6 Å². The third-order valence-electron chi connectivity index (χ3n) is 2.24. The first-order valence-corrected chi connectivity index (χ1v) is 4.71. The summed E-state index contributed by atoms with van der Waals surface area (Å²) in [7, 11) is 0. The van der Waals surface area contributed by atoms with Gasteiger partial charge in [0.15, 0.2) is 5.69 Å². The van der Waals surface area contributed by atoms with E-state index in [9.17, 15) is 4.79 Å². The molecule has 0 radical (unpaired) electrons. The van der Waals surface area contributed by atoms with Gasteiger partial charge in [0.1, 0.15) is 0 Å². The molecule has 0 saturated carbocycles. The van der Waals surface area contributed by atoms with Crippen LogP contribution in [-0.2, 0) is 6.54 Å². The van der Waals surface area contributed by atoms with Crippen molar-refractivity contribution in [3.63, 3.8) is 0 Å². The van der Waals surface area contributed by atoms with Crippen LogP contribution in [0.25, 0.3) is 0 Å². The second-order valence-electron chi connectivity index (χ2n) is 3.35. The van der Waals surface area contributed by atoms with Crippen molar-refractivity contribution in [3.05, 3.63) is 41.5 Å². The van der Waals surface area contributed by atoms with Gasteiger partial charge in [-0.05, 0) is 18.6 Å². The van der Waals surface area contributed by atoms with E-state index in [1.165, 1.54) is 0 Å². The second kappa shape index (κ2) is 4.09. The van der Waals surface area contributed by atoms with E-state index in [4.69, 9.17) is 5.11 Å². The number of nitrogens with zero attached hydrogens (tertiary/aromatic N) is 4. The number of carbonyl (C=O) groups is 1. The summed E-state index contributed by atoms with van der Waals surface area (Å²) in [4.78, 5) is 14.7. The fourth-order valence-electron chi connectivity index (χ4n) is 1.37. The number of carboxylic acids is 1. The molecule has 2 rings (SSSR count). The fraction of sp³-hybridized carbons (Fsp3) is 0.200. The molecule has 0 aliphatic heterocycles. The molecule has 2 aromatic rings. The van der Waals surface area contributed by atoms with E-state index in [0.717, 1.165) is 5.56 Å². The minimum absolute atomic E-state index is 0.0103. The zero-order chi connectivity index (χ0) is 11.5. The molecule has 0 spiro atoms. The summed E-state index contributed by atoms with van der Waals surface area (Å²) in [5.74, 6) is -1.06. The van der Waals surface area contributed by atoms with E-state index in [1.807, 2.05) is 12.1 Å². The number of hydrogen-bond donors (Lipinski definition) is 1. The highest BCUT2D eigenvalue weighted by atomic mass is 16.4. The largest absolute Gasteiger partial charge is 0.476 e. The highest BCUT2D eigenvalue weighted by molar-refractivity contribution is 5.86. The van der Waals surface area contributed by atoms with E-state index in [2.05, 4.69) is 15.3 Å². The number of hydrogen-bond acceptors (Lipinski definition) is 4. The van der Waals surface area contributed by atoms with Gasteiger partial charge in [-0.1, -0.05) is 11.3 Å². The van der Waals surface area contributed by atoms with Gasteiger partial charge in [0.25, 0.3) is 0 Å². The van der Waals surface area contributed by atoms with E-state index < -0.39 is 5.97 Å². The van der Waals surface area contributed by atoms with Crippen LogP contribution in [0, 0.1) is 6.92 Å². The predicted molar refractivity (Wildman–Crippen MR) is 55.1 cm³/mol. The Morgan fingerprint density at radius 2 is 2.38 bits per heavy atom. The molecule has 0 aliphatic carbocycles. The standard InChI is InChI=1S/C10H10N4O2/c1-7-9(10(15)16)12-13-14(7)6-8-3-2-4-11-5-8/h2-5H,6H2,1H3,(H,15,16). The van der Waals surface area contributed by atoms with Gasteiger partial charge >= 0.3 is 5.97 Å². The molecule has 82 valence electrons. The molecule has 1 N–H and O–H groups in total. The van der Waals surface area contributed by atoms with Gasteiger partial charge in [-0.2, -0.15) is 0 Å². The van der Waals surface area contributed by atoms with Crippen LogP contribution in [0.1, 0.15) is 21.7 Å². The van der Waals surface area contributed by atoms with Gasteiger partial charge < -0.3 is 5.11 Å². The molecule has 0 aliphatic rings. The van der Waals surface area contributed by atoms with E-state index in [0.29, 0.717) is 12.2 Å². The Morgan fingerprint density at radius 1 is 1.56 bits per heavy atom. The number of pyridine rings is 1. The van der Waals surface area contributed by atoms with Crippen molar-refractivity contribution in [2.24, 2.45) is 0 Å². The maximum atomic E-state index is 10.8. The third-order valence-corrected chi connectivity index (χ3v) is 2.24. The van der Waals surface area contributed by atoms with Crippen LogP contribution in [0.4, 0.5) is 0 Å². The van der Waals surface area contributed by atoms with E-state index in [-0.39, 0.29) is 5.69 Å². The molecule has 0 bridgehead atoms. The smallest absolute Gasteiger partial charge is 0.358 e. The summed E-state index contributed by atoms with van der Waals surface area (Å²) in [5, 5.41) is 16.2. The Hall–Kier alpha value is -2.24. The van der Waals surface area contributed by atoms with Crippen molar-refractivity contribution >= 4 is 5.97 Å². The molecule has 0 aromatic carbocycles. The first-order chi connectivity index (χ1) is 7.68. The summed E-state index contributed by atoms with van der Waals surface area (Å²) in [5.41, 5.74) is 1.48. The Balaban J connectivity index is 2.26. The number of aromatic nitrogens is 4. The van der Waals surface area contributed by atoms with Gasteiger partial charge in [0.05, 0.1) is 12.2 Å². The predicted octanol–water partition coefficient (Wildman–Crippen LogP) is 0.728. The molecule has 6 nitrogen and oxygen atoms in total. The number of aromatic carboxylic acids is 1. The minimum atomic E-state index is -1.06. The van der Waals surface area contributed by atoms with Crippen molar-refractivity contribution in [2.45, 2.75) is 13.5 Å². The Bertz CT molecular complexity index is 507. The summed E-state index contributed by atoms with van der Waals surface area (Å²) in [6.45, 7) is 2.15. The van der Waals surface area contributed by atoms with Gasteiger partial charge in [-0.15, -0.1) is 5.10 Å². The summed E-state index contributed by atoms with van der Waals surface area (Å²) in [6.07, 6.45) is 3.39. The van der Waals surface area contributed by atoms with Crippen molar-refractivity contribution in [1.29, 1.82) is 0 Å². The van der Waals surface area contributed by atoms with E-state index in [1.54, 1.807) is 24.0 Å². The van der Waals surface area contributed by atoms with Crippen LogP contribution in [0.5, 0.6) is 0 Å². The number of rotatable bonds is 3. The highest BCUT2D eigenvalue weighted by Gasteiger charge is 2.14. The molecule has 0 atom stereocenters. The molecular formula is C10H10N4O2. The zero-order valence-corrected chi connectivity index (χ0v) is 8.66. The van der Waals surface area contributed by atoms with Crippen molar-refractivity contribution < 1.29 is 9.90 Å². The van der Waals surface area contributed by atoms with Crippen LogP contribution >= 0.6 is 0 Å². The summed E-state index contributed by atoms with van der Waals surface area (Å²) in [6, 6.07) is 3.72. The molecule has 6 heteroatoms. The maximum Gasteiger partial charge on any atom is 0.358 e. The molecule has 0 amide bonds. The first kappa shape index (κ1) is 10.3. The van der Waals surface area contributed by atoms with Crippen molar-refractivity contribution in [3.8, 4) is 0 Å². The average molecular weight is 218 g/mol. The number of carboxylic acid groups (broad SMARTS) is 1. The Kier molecular flexibility index (Phi) is 2.63. The lowest BCUT2D eigenvalue weighted by molar-refractivity contribution is 0.0689. The van der Waals surface area contributed by atoms with Gasteiger partial charge in [0.2, 0.25) is 0 Å². The molecule has 0 fully saturated rings. The van der Waals surface area contributed by atoms with Gasteiger partial charge in [0, 0.05) is 12.4 Å². The van der Waals surface area contributed by atoms with Gasteiger partial charge in [-0.25, -0.2) is 9.48 Å². The molecule has 2 heterocycles. The van der Waals surface area contributed by atoms with Gasteiger partial charge in [-0.3, -0.25) is 4.98 Å². The summed E-state index contributed by atoms with van der Waals surface area (Å²) >= 11 is 0. The molecule has 16 heavy (non-hydrogen) atoms. The average Bonchev–Trinajstić information content (AvgIpc) is 2.62. The van der Waals surface area contributed by atoms with Crippen molar-refractivity contribution in [2.75, 3.05) is 0 Å². The lowest BCUT2D eigenvalue weighted by Crippen LogP contribution is -2.05. The topological polar surface area (TPSA) is 80.9 Å². The fourth-order valence-corrected chi connectivity index (χ4v) is 1.37. The molecule has 0 unspecified atom stereocenters. The third kappa shape index (κ3) is 1.90. The lowest BCUT2D eigenvalue weighted by Gasteiger charge is -2.02. The zero-order valence-electron chi connectivity index (χ0n) is 8.66. The minimum Gasteiger partial charge on any atom is -0.476 e. The van der Waals surface area contributed by atoms with Crippen LogP contribution in [0.2, 0.25) is 0 Å². The van der Waals surface area contributed by atoms with Crippen molar-refractivity contribution in [1.82, 2.24) is 20.0 Å². The second-order valence-corrected chi connectivity index (χ2v) is 3.35. The molecule has 2 aromatic heterocycles. The van der Waals surface area contributed by atoms with E-state index >= 15 is 0 Å². The van der Waals surface area contributed by atoms with Crippen LogP contribution in [-0.4, -0.2) is 31.1 Å². The quantitative estimate of drug-likeness (QED) is 0.821. The van der Waals surface area contributed by atoms with Crippen LogP contribution in [0.3, 0.4) is 0 Å². The lowest BCUT2D eigenvalue weighted by atomic mass is 10.3. The SMILES string of the molecule is Cc1c(C(=O)O)nnn1Cc1cccnc1. The normalized spacial score (nSPS) is 10.3. The Morgan fingerprint density at radius 3 is 2.94 bits per heavy atom.